The number of pyridine rings is 1. The number of nitrogens with zero attached hydrogens (tertiary/aromatic N) is 2. The Kier molecular flexibility index (Phi) is 2.99. The molecule has 0 bridgehead atoms. The standard InChI is InChI=1S/C13H9FIN3/c14-10-4-2-1-3-8(10)5-11-13-12(18-17-11)6-9(15)7-16-13/h1-4,6-7H,5H2,(H,17,18). The molecule has 0 saturated heterocycles. The minimum atomic E-state index is -0.209. The van der Waals surface area contributed by atoms with E-state index in [-0.39, 0.29) is 5.82 Å². The summed E-state index contributed by atoms with van der Waals surface area (Å²) in [6.07, 6.45) is 2.23. The molecular weight excluding hydrogens is 344 g/mol. The quantitative estimate of drug-likeness (QED) is 0.719. The summed E-state index contributed by atoms with van der Waals surface area (Å²) in [5.41, 5.74) is 3.09. The summed E-state index contributed by atoms with van der Waals surface area (Å²) < 4.78 is 14.6. The van der Waals surface area contributed by atoms with E-state index in [1.54, 1.807) is 18.3 Å². The van der Waals surface area contributed by atoms with E-state index in [0.717, 1.165) is 20.3 Å². The number of aromatic amines is 1. The van der Waals surface area contributed by atoms with Gasteiger partial charge in [-0.1, -0.05) is 18.2 Å². The zero-order valence-corrected chi connectivity index (χ0v) is 11.5. The van der Waals surface area contributed by atoms with Gasteiger partial charge in [-0.3, -0.25) is 10.1 Å². The van der Waals surface area contributed by atoms with E-state index < -0.39 is 0 Å². The van der Waals surface area contributed by atoms with Crippen LogP contribution in [0.2, 0.25) is 0 Å². The van der Waals surface area contributed by atoms with Crippen LogP contribution in [0.4, 0.5) is 4.39 Å². The van der Waals surface area contributed by atoms with Crippen molar-refractivity contribution in [3.63, 3.8) is 0 Å². The van der Waals surface area contributed by atoms with Crippen LogP contribution in [0.25, 0.3) is 11.0 Å². The van der Waals surface area contributed by atoms with Crippen molar-refractivity contribution in [3.8, 4) is 0 Å². The number of H-pyrrole nitrogens is 1. The van der Waals surface area contributed by atoms with Crippen LogP contribution in [-0.4, -0.2) is 15.2 Å². The summed E-state index contributed by atoms with van der Waals surface area (Å²) in [6.45, 7) is 0. The second-order valence-electron chi connectivity index (χ2n) is 3.99. The molecule has 0 atom stereocenters. The van der Waals surface area contributed by atoms with Gasteiger partial charge in [0.1, 0.15) is 11.3 Å². The number of fused-ring (bicyclic) bond motifs is 1. The molecule has 3 rings (SSSR count). The van der Waals surface area contributed by atoms with Gasteiger partial charge in [0.2, 0.25) is 0 Å². The number of halogens is 2. The predicted octanol–water partition coefficient (Wildman–Crippen LogP) is 3.29. The number of aromatic nitrogens is 3. The van der Waals surface area contributed by atoms with Crippen molar-refractivity contribution in [2.75, 3.05) is 0 Å². The lowest BCUT2D eigenvalue weighted by molar-refractivity contribution is 0.613. The van der Waals surface area contributed by atoms with Crippen molar-refractivity contribution in [1.29, 1.82) is 0 Å². The third kappa shape index (κ3) is 2.10. The largest absolute Gasteiger partial charge is 0.276 e. The SMILES string of the molecule is Fc1ccccc1Cc1n[nH]c2cc(I)cnc12. The number of hydrogen-bond acceptors (Lipinski definition) is 2. The molecule has 0 aliphatic heterocycles. The van der Waals surface area contributed by atoms with Crippen LogP contribution in [0.3, 0.4) is 0 Å². The topological polar surface area (TPSA) is 41.6 Å². The summed E-state index contributed by atoms with van der Waals surface area (Å²) in [5.74, 6) is -0.209. The van der Waals surface area contributed by atoms with Crippen molar-refractivity contribution >= 4 is 33.6 Å². The molecule has 2 heterocycles. The van der Waals surface area contributed by atoms with E-state index in [1.807, 2.05) is 12.1 Å². The van der Waals surface area contributed by atoms with E-state index in [9.17, 15) is 4.39 Å². The van der Waals surface area contributed by atoms with E-state index >= 15 is 0 Å². The van der Waals surface area contributed by atoms with Crippen LogP contribution in [-0.2, 0) is 6.42 Å². The second kappa shape index (κ2) is 4.64. The Morgan fingerprint density at radius 3 is 2.94 bits per heavy atom. The van der Waals surface area contributed by atoms with Crippen LogP contribution in [0.15, 0.2) is 36.5 Å². The number of rotatable bonds is 2. The number of benzene rings is 1. The van der Waals surface area contributed by atoms with Crippen LogP contribution < -0.4 is 0 Å². The van der Waals surface area contributed by atoms with Crippen LogP contribution in [0, 0.1) is 9.39 Å². The molecule has 3 nitrogen and oxygen atoms in total. The Morgan fingerprint density at radius 2 is 2.11 bits per heavy atom. The third-order valence-electron chi connectivity index (χ3n) is 2.75. The van der Waals surface area contributed by atoms with Crippen molar-refractivity contribution in [1.82, 2.24) is 15.2 Å². The molecule has 2 aromatic heterocycles. The summed E-state index contributed by atoms with van der Waals surface area (Å²) >= 11 is 2.20. The number of hydrogen-bond donors (Lipinski definition) is 1. The van der Waals surface area contributed by atoms with Gasteiger partial charge in [-0.15, -0.1) is 0 Å². The second-order valence-corrected chi connectivity index (χ2v) is 5.23. The molecule has 0 spiro atoms. The van der Waals surface area contributed by atoms with Gasteiger partial charge in [-0.2, -0.15) is 5.10 Å². The molecule has 0 aliphatic carbocycles. The molecule has 18 heavy (non-hydrogen) atoms. The van der Waals surface area contributed by atoms with Gasteiger partial charge in [0, 0.05) is 16.2 Å². The molecule has 5 heteroatoms. The molecule has 90 valence electrons. The molecule has 0 fully saturated rings. The molecule has 0 radical (unpaired) electrons. The fourth-order valence-corrected chi connectivity index (χ4v) is 2.33. The van der Waals surface area contributed by atoms with Gasteiger partial charge < -0.3 is 0 Å². The van der Waals surface area contributed by atoms with Crippen molar-refractivity contribution < 1.29 is 4.39 Å². The zero-order valence-electron chi connectivity index (χ0n) is 9.32. The lowest BCUT2D eigenvalue weighted by Gasteiger charge is -2.00. The maximum absolute atomic E-state index is 13.6. The van der Waals surface area contributed by atoms with Gasteiger partial charge in [0.05, 0.1) is 11.2 Å². The lowest BCUT2D eigenvalue weighted by Crippen LogP contribution is -1.93. The van der Waals surface area contributed by atoms with E-state index in [0.29, 0.717) is 12.0 Å². The molecule has 0 unspecified atom stereocenters. The zero-order chi connectivity index (χ0) is 12.5. The first-order valence-electron chi connectivity index (χ1n) is 5.46. The van der Waals surface area contributed by atoms with Gasteiger partial charge in [0.25, 0.3) is 0 Å². The lowest BCUT2D eigenvalue weighted by atomic mass is 10.1. The molecule has 1 aromatic carbocycles. The highest BCUT2D eigenvalue weighted by molar-refractivity contribution is 14.1. The average molecular weight is 353 g/mol. The first-order chi connectivity index (χ1) is 8.74. The fraction of sp³-hybridized carbons (Fsp3) is 0.0769. The van der Waals surface area contributed by atoms with Crippen LogP contribution >= 0.6 is 22.6 Å². The smallest absolute Gasteiger partial charge is 0.126 e. The van der Waals surface area contributed by atoms with Crippen LogP contribution in [0.1, 0.15) is 11.3 Å². The summed E-state index contributed by atoms with van der Waals surface area (Å²) in [6, 6.07) is 8.70. The van der Waals surface area contributed by atoms with Gasteiger partial charge >= 0.3 is 0 Å². The first kappa shape index (κ1) is 11.6. The third-order valence-corrected chi connectivity index (χ3v) is 3.34. The Labute approximate surface area is 117 Å². The number of nitrogens with one attached hydrogen (secondary N) is 1. The normalized spacial score (nSPS) is 11.0. The minimum Gasteiger partial charge on any atom is -0.276 e. The van der Waals surface area contributed by atoms with Crippen molar-refractivity contribution in [2.45, 2.75) is 6.42 Å². The van der Waals surface area contributed by atoms with E-state index in [1.165, 1.54) is 6.07 Å². The van der Waals surface area contributed by atoms with Gasteiger partial charge in [-0.25, -0.2) is 4.39 Å². The Morgan fingerprint density at radius 1 is 1.28 bits per heavy atom. The molecule has 0 saturated carbocycles. The van der Waals surface area contributed by atoms with Gasteiger partial charge in [0.15, 0.2) is 0 Å². The van der Waals surface area contributed by atoms with Crippen LogP contribution in [0.5, 0.6) is 0 Å². The molecule has 1 N–H and O–H groups in total. The maximum Gasteiger partial charge on any atom is 0.126 e. The average Bonchev–Trinajstić information content (AvgIpc) is 2.74. The fourth-order valence-electron chi connectivity index (χ4n) is 1.88. The molecule has 3 aromatic rings. The Bertz CT molecular complexity index is 708. The summed E-state index contributed by atoms with van der Waals surface area (Å²) in [4.78, 5) is 4.34. The minimum absolute atomic E-state index is 0.209. The molecular formula is C13H9FIN3. The highest BCUT2D eigenvalue weighted by Gasteiger charge is 2.10. The van der Waals surface area contributed by atoms with E-state index in [2.05, 4.69) is 37.8 Å². The maximum atomic E-state index is 13.6. The summed E-state index contributed by atoms with van der Waals surface area (Å²) in [5, 5.41) is 7.14. The molecule has 0 aliphatic rings. The molecule has 0 amide bonds. The van der Waals surface area contributed by atoms with Gasteiger partial charge in [-0.05, 0) is 40.3 Å². The Balaban J connectivity index is 2.03. The monoisotopic (exact) mass is 353 g/mol. The highest BCUT2D eigenvalue weighted by Crippen LogP contribution is 2.19. The first-order valence-corrected chi connectivity index (χ1v) is 6.54. The van der Waals surface area contributed by atoms with Crippen molar-refractivity contribution in [3.05, 3.63) is 57.2 Å². The predicted molar refractivity (Wildman–Crippen MR) is 75.8 cm³/mol. The summed E-state index contributed by atoms with van der Waals surface area (Å²) in [7, 11) is 0. The van der Waals surface area contributed by atoms with Crippen molar-refractivity contribution in [2.24, 2.45) is 0 Å². The van der Waals surface area contributed by atoms with E-state index in [4.69, 9.17) is 0 Å². The Hall–Kier alpha value is -1.50. The highest BCUT2D eigenvalue weighted by atomic mass is 127.